The van der Waals surface area contributed by atoms with Gasteiger partial charge in [-0.3, -0.25) is 0 Å². The molecular weight excluding hydrogens is 210 g/mol. The third-order valence-corrected chi connectivity index (χ3v) is 3.77. The lowest BCUT2D eigenvalue weighted by Gasteiger charge is -2.37. The summed E-state index contributed by atoms with van der Waals surface area (Å²) in [5, 5.41) is 0. The van der Waals surface area contributed by atoms with E-state index in [2.05, 4.69) is 18.8 Å². The molecule has 84 valence electrons. The summed E-state index contributed by atoms with van der Waals surface area (Å²) in [6, 6.07) is 0. The maximum absolute atomic E-state index is 5.69. The molecule has 0 N–H and O–H groups in total. The van der Waals surface area contributed by atoms with E-state index in [0.29, 0.717) is 23.1 Å². The summed E-state index contributed by atoms with van der Waals surface area (Å²) < 4.78 is 5.66. The molecule has 1 fully saturated rings. The Morgan fingerprint density at radius 1 is 1.53 bits per heavy atom. The monoisotopic (exact) mass is 227 g/mol. The second-order valence-corrected chi connectivity index (χ2v) is 5.34. The molecule has 1 heterocycles. The fourth-order valence-corrected chi connectivity index (χ4v) is 2.69. The standard InChI is InChI=1S/C12H18ClNO/c1-12(2)6-4-3-5-9(12)10-8-14-11(7-13)15-10/h8-9H,3-7H2,1-2H3. The fourth-order valence-electron chi connectivity index (χ4n) is 2.57. The maximum Gasteiger partial charge on any atom is 0.209 e. The van der Waals surface area contributed by atoms with Crippen LogP contribution in [-0.2, 0) is 5.88 Å². The van der Waals surface area contributed by atoms with Gasteiger partial charge in [-0.05, 0) is 18.3 Å². The van der Waals surface area contributed by atoms with Gasteiger partial charge in [0.2, 0.25) is 5.89 Å². The van der Waals surface area contributed by atoms with E-state index in [1.54, 1.807) is 0 Å². The van der Waals surface area contributed by atoms with Gasteiger partial charge in [0.1, 0.15) is 5.76 Å². The van der Waals surface area contributed by atoms with Crippen molar-refractivity contribution < 1.29 is 4.42 Å². The first-order chi connectivity index (χ1) is 7.13. The van der Waals surface area contributed by atoms with Crippen LogP contribution in [0.2, 0.25) is 0 Å². The average molecular weight is 228 g/mol. The van der Waals surface area contributed by atoms with Crippen LogP contribution in [0, 0.1) is 5.41 Å². The van der Waals surface area contributed by atoms with Crippen LogP contribution in [0.3, 0.4) is 0 Å². The lowest BCUT2D eigenvalue weighted by Crippen LogP contribution is -2.25. The van der Waals surface area contributed by atoms with Gasteiger partial charge in [0.05, 0.1) is 12.1 Å². The molecule has 15 heavy (non-hydrogen) atoms. The van der Waals surface area contributed by atoms with Crippen molar-refractivity contribution in [2.24, 2.45) is 5.41 Å². The van der Waals surface area contributed by atoms with Crippen LogP contribution >= 0.6 is 11.6 Å². The Morgan fingerprint density at radius 2 is 2.33 bits per heavy atom. The smallest absolute Gasteiger partial charge is 0.209 e. The highest BCUT2D eigenvalue weighted by Gasteiger charge is 2.35. The van der Waals surface area contributed by atoms with Crippen molar-refractivity contribution in [3.05, 3.63) is 17.8 Å². The Balaban J connectivity index is 2.21. The maximum atomic E-state index is 5.69. The molecule has 1 saturated carbocycles. The van der Waals surface area contributed by atoms with E-state index in [0.717, 1.165) is 5.76 Å². The molecule has 1 aliphatic carbocycles. The lowest BCUT2D eigenvalue weighted by atomic mass is 9.68. The zero-order chi connectivity index (χ0) is 10.9. The highest BCUT2D eigenvalue weighted by molar-refractivity contribution is 6.16. The average Bonchev–Trinajstić information content (AvgIpc) is 2.65. The molecule has 1 aromatic heterocycles. The number of halogens is 1. The summed E-state index contributed by atoms with van der Waals surface area (Å²) in [6.45, 7) is 4.64. The van der Waals surface area contributed by atoms with Crippen molar-refractivity contribution in [2.45, 2.75) is 51.3 Å². The molecule has 0 aromatic carbocycles. The second-order valence-electron chi connectivity index (χ2n) is 5.08. The topological polar surface area (TPSA) is 26.0 Å². The normalized spacial score (nSPS) is 25.4. The third kappa shape index (κ3) is 2.20. The molecule has 0 aliphatic heterocycles. The quantitative estimate of drug-likeness (QED) is 0.711. The molecule has 0 bridgehead atoms. The number of rotatable bonds is 2. The number of alkyl halides is 1. The van der Waals surface area contributed by atoms with Crippen LogP contribution in [0.15, 0.2) is 10.6 Å². The molecule has 0 amide bonds. The molecule has 2 rings (SSSR count). The summed E-state index contributed by atoms with van der Waals surface area (Å²) >= 11 is 5.69. The predicted octanol–water partition coefficient (Wildman–Crippen LogP) is 4.10. The number of hydrogen-bond acceptors (Lipinski definition) is 2. The van der Waals surface area contributed by atoms with Crippen molar-refractivity contribution in [3.63, 3.8) is 0 Å². The van der Waals surface area contributed by atoms with Crippen LogP contribution in [0.4, 0.5) is 0 Å². The van der Waals surface area contributed by atoms with Crippen molar-refractivity contribution in [2.75, 3.05) is 0 Å². The van der Waals surface area contributed by atoms with Gasteiger partial charge in [0, 0.05) is 5.92 Å². The van der Waals surface area contributed by atoms with Gasteiger partial charge in [-0.25, -0.2) is 4.98 Å². The Morgan fingerprint density at radius 3 is 2.93 bits per heavy atom. The summed E-state index contributed by atoms with van der Waals surface area (Å²) in [6.07, 6.45) is 6.97. The van der Waals surface area contributed by atoms with E-state index >= 15 is 0 Å². The number of nitrogens with zero attached hydrogens (tertiary/aromatic N) is 1. The zero-order valence-electron chi connectivity index (χ0n) is 9.42. The van der Waals surface area contributed by atoms with Crippen molar-refractivity contribution in [1.29, 1.82) is 0 Å². The van der Waals surface area contributed by atoms with Crippen LogP contribution in [0.25, 0.3) is 0 Å². The van der Waals surface area contributed by atoms with Crippen molar-refractivity contribution in [3.8, 4) is 0 Å². The van der Waals surface area contributed by atoms with Crippen LogP contribution < -0.4 is 0 Å². The molecule has 0 radical (unpaired) electrons. The summed E-state index contributed by atoms with van der Waals surface area (Å²) in [7, 11) is 0. The molecule has 0 spiro atoms. The zero-order valence-corrected chi connectivity index (χ0v) is 10.2. The van der Waals surface area contributed by atoms with Gasteiger partial charge in [-0.1, -0.05) is 26.7 Å². The SMILES string of the molecule is CC1(C)CCCCC1c1cnc(CCl)o1. The molecule has 1 aliphatic rings. The minimum absolute atomic E-state index is 0.335. The van der Waals surface area contributed by atoms with Crippen LogP contribution in [0.5, 0.6) is 0 Å². The minimum Gasteiger partial charge on any atom is -0.444 e. The first-order valence-electron chi connectivity index (χ1n) is 5.64. The first-order valence-corrected chi connectivity index (χ1v) is 6.17. The highest BCUT2D eigenvalue weighted by atomic mass is 35.5. The molecule has 3 heteroatoms. The molecule has 0 saturated heterocycles. The Labute approximate surface area is 96.0 Å². The largest absolute Gasteiger partial charge is 0.444 e. The van der Waals surface area contributed by atoms with Crippen molar-refractivity contribution in [1.82, 2.24) is 4.98 Å². The second kappa shape index (κ2) is 4.17. The van der Waals surface area contributed by atoms with Crippen LogP contribution in [0.1, 0.15) is 57.1 Å². The van der Waals surface area contributed by atoms with Gasteiger partial charge in [-0.2, -0.15) is 0 Å². The van der Waals surface area contributed by atoms with Crippen LogP contribution in [-0.4, -0.2) is 4.98 Å². The Bertz CT molecular complexity index is 332. The number of aromatic nitrogens is 1. The molecular formula is C12H18ClNO. The van der Waals surface area contributed by atoms with E-state index in [-0.39, 0.29) is 0 Å². The third-order valence-electron chi connectivity index (χ3n) is 3.54. The van der Waals surface area contributed by atoms with Gasteiger partial charge in [-0.15, -0.1) is 11.6 Å². The molecule has 1 aromatic rings. The van der Waals surface area contributed by atoms with E-state index in [4.69, 9.17) is 16.0 Å². The summed E-state index contributed by atoms with van der Waals surface area (Å²) in [5.41, 5.74) is 0.335. The van der Waals surface area contributed by atoms with E-state index in [1.807, 2.05) is 6.20 Å². The van der Waals surface area contributed by atoms with Gasteiger partial charge in [0.15, 0.2) is 0 Å². The Hall–Kier alpha value is -0.500. The lowest BCUT2D eigenvalue weighted by molar-refractivity contribution is 0.176. The Kier molecular flexibility index (Phi) is 3.06. The van der Waals surface area contributed by atoms with Gasteiger partial charge < -0.3 is 4.42 Å². The first kappa shape index (κ1) is 11.0. The van der Waals surface area contributed by atoms with E-state index < -0.39 is 0 Å². The molecule has 1 atom stereocenters. The van der Waals surface area contributed by atoms with Gasteiger partial charge >= 0.3 is 0 Å². The van der Waals surface area contributed by atoms with E-state index in [1.165, 1.54) is 25.7 Å². The van der Waals surface area contributed by atoms with E-state index in [9.17, 15) is 0 Å². The summed E-state index contributed by atoms with van der Waals surface area (Å²) in [5.74, 6) is 2.55. The number of oxazole rings is 1. The fraction of sp³-hybridized carbons (Fsp3) is 0.750. The predicted molar refractivity (Wildman–Crippen MR) is 61.1 cm³/mol. The summed E-state index contributed by atoms with van der Waals surface area (Å²) in [4.78, 5) is 4.18. The highest BCUT2D eigenvalue weighted by Crippen LogP contribution is 2.46. The van der Waals surface area contributed by atoms with Crippen molar-refractivity contribution >= 4 is 11.6 Å². The molecule has 2 nitrogen and oxygen atoms in total. The minimum atomic E-state index is 0.335. The van der Waals surface area contributed by atoms with Gasteiger partial charge in [0.25, 0.3) is 0 Å². The number of hydrogen-bond donors (Lipinski definition) is 0. The molecule has 1 unspecified atom stereocenters.